The Morgan fingerprint density at radius 3 is 2.71 bits per heavy atom. The zero-order valence-corrected chi connectivity index (χ0v) is 18.1. The van der Waals surface area contributed by atoms with Crippen molar-refractivity contribution in [3.05, 3.63) is 34.9 Å². The Hall–Kier alpha value is -2.69. The molecule has 2 aliphatic rings. The van der Waals surface area contributed by atoms with Crippen molar-refractivity contribution in [1.82, 2.24) is 10.2 Å². The molecule has 1 aromatic carbocycles. The maximum Gasteiger partial charge on any atom is 0.189 e. The number of hydrogen-bond donors (Lipinski definition) is 2. The lowest BCUT2D eigenvalue weighted by molar-refractivity contribution is 0.0227. The van der Waals surface area contributed by atoms with Gasteiger partial charge in [0, 0.05) is 17.7 Å². The number of rotatable bonds is 7. The second kappa shape index (κ2) is 10.1. The van der Waals surface area contributed by atoms with Gasteiger partial charge in [0.05, 0.1) is 23.8 Å². The number of ether oxygens (including phenoxy) is 2. The minimum absolute atomic E-state index is 0.0277. The summed E-state index contributed by atoms with van der Waals surface area (Å²) in [7, 11) is 0. The lowest BCUT2D eigenvalue weighted by Crippen LogP contribution is -2.37. The number of nitrogens with zero attached hydrogens (tertiary/aromatic N) is 3. The van der Waals surface area contributed by atoms with E-state index in [1.807, 2.05) is 13.0 Å². The first-order valence-electron chi connectivity index (χ1n) is 11.3. The Bertz CT molecular complexity index is 957. The topological polar surface area (TPSA) is 100 Å². The van der Waals surface area contributed by atoms with E-state index >= 15 is 0 Å². The molecule has 0 saturated heterocycles. The van der Waals surface area contributed by atoms with E-state index in [0.717, 1.165) is 68.4 Å². The van der Waals surface area contributed by atoms with Crippen LogP contribution in [-0.4, -0.2) is 40.8 Å². The molecule has 31 heavy (non-hydrogen) atoms. The second-order valence-electron chi connectivity index (χ2n) is 8.24. The average molecular weight is 423 g/mol. The molecule has 1 heterocycles. The molecule has 1 aromatic heterocycles. The van der Waals surface area contributed by atoms with Crippen LogP contribution in [0.2, 0.25) is 0 Å². The molecule has 164 valence electrons. The van der Waals surface area contributed by atoms with E-state index in [1.165, 1.54) is 11.1 Å². The number of anilines is 1. The number of fused-ring (bicyclic) bond motifs is 1. The van der Waals surface area contributed by atoms with Crippen LogP contribution in [0.4, 0.5) is 5.82 Å². The molecule has 0 unspecified atom stereocenters. The van der Waals surface area contributed by atoms with Gasteiger partial charge in [-0.25, -0.2) is 0 Å². The summed E-state index contributed by atoms with van der Waals surface area (Å²) in [6.45, 7) is 2.58. The van der Waals surface area contributed by atoms with Crippen LogP contribution in [-0.2, 0) is 17.6 Å². The maximum absolute atomic E-state index is 10.4. The molecule has 7 nitrogen and oxygen atoms in total. The third-order valence-electron chi connectivity index (χ3n) is 6.21. The van der Waals surface area contributed by atoms with Crippen molar-refractivity contribution < 1.29 is 14.6 Å². The largest absolute Gasteiger partial charge is 0.467 e. The first-order valence-corrected chi connectivity index (χ1v) is 11.3. The van der Waals surface area contributed by atoms with Gasteiger partial charge >= 0.3 is 0 Å². The molecule has 7 heteroatoms. The van der Waals surface area contributed by atoms with Crippen LogP contribution in [0.5, 0.6) is 5.75 Å². The molecule has 0 bridgehead atoms. The monoisotopic (exact) mass is 422 g/mol. The number of aliphatic hydroxyl groups is 1. The second-order valence-corrected chi connectivity index (χ2v) is 8.24. The van der Waals surface area contributed by atoms with Crippen molar-refractivity contribution in [2.75, 3.05) is 18.7 Å². The van der Waals surface area contributed by atoms with Gasteiger partial charge in [-0.1, -0.05) is 12.8 Å². The van der Waals surface area contributed by atoms with Gasteiger partial charge < -0.3 is 19.9 Å². The Kier molecular flexibility index (Phi) is 7.00. The molecule has 0 amide bonds. The van der Waals surface area contributed by atoms with Gasteiger partial charge in [0.15, 0.2) is 12.6 Å². The summed E-state index contributed by atoms with van der Waals surface area (Å²) in [5.74, 6) is 1.38. The molecular weight excluding hydrogens is 392 g/mol. The number of nitrogens with one attached hydrogen (secondary N) is 1. The Morgan fingerprint density at radius 2 is 1.94 bits per heavy atom. The number of aliphatic hydroxyl groups excluding tert-OH is 1. The highest BCUT2D eigenvalue weighted by Gasteiger charge is 2.27. The van der Waals surface area contributed by atoms with Crippen LogP contribution < -0.4 is 10.1 Å². The van der Waals surface area contributed by atoms with Gasteiger partial charge in [-0.3, -0.25) is 0 Å². The summed E-state index contributed by atoms with van der Waals surface area (Å²) in [6, 6.07) is 7.59. The van der Waals surface area contributed by atoms with Gasteiger partial charge in [0.25, 0.3) is 0 Å². The smallest absolute Gasteiger partial charge is 0.189 e. The van der Waals surface area contributed by atoms with Crippen molar-refractivity contribution >= 4 is 5.82 Å². The molecule has 1 fully saturated rings. The van der Waals surface area contributed by atoms with Crippen molar-refractivity contribution in [3.8, 4) is 23.1 Å². The van der Waals surface area contributed by atoms with E-state index in [9.17, 15) is 10.4 Å². The number of benzene rings is 1. The number of hydrogen-bond acceptors (Lipinski definition) is 7. The summed E-state index contributed by atoms with van der Waals surface area (Å²) in [6.07, 6.45) is 7.71. The summed E-state index contributed by atoms with van der Waals surface area (Å²) in [4.78, 5) is 0. The number of nitriles is 1. The minimum atomic E-state index is -0.341. The van der Waals surface area contributed by atoms with E-state index in [4.69, 9.17) is 9.47 Å². The molecule has 0 spiro atoms. The molecule has 2 N–H and O–H groups in total. The molecule has 2 atom stereocenters. The van der Waals surface area contributed by atoms with Gasteiger partial charge in [-0.15, -0.1) is 10.2 Å². The van der Waals surface area contributed by atoms with E-state index in [-0.39, 0.29) is 18.9 Å². The van der Waals surface area contributed by atoms with E-state index < -0.39 is 0 Å². The molecule has 2 aromatic rings. The van der Waals surface area contributed by atoms with E-state index in [1.54, 1.807) is 12.1 Å². The zero-order chi connectivity index (χ0) is 21.6. The van der Waals surface area contributed by atoms with Crippen molar-refractivity contribution in [2.24, 2.45) is 0 Å². The predicted molar refractivity (Wildman–Crippen MR) is 118 cm³/mol. The van der Waals surface area contributed by atoms with Gasteiger partial charge in [-0.05, 0) is 69.2 Å². The summed E-state index contributed by atoms with van der Waals surface area (Å²) in [5.41, 5.74) is 4.53. The van der Waals surface area contributed by atoms with E-state index in [0.29, 0.717) is 17.9 Å². The lowest BCUT2D eigenvalue weighted by atomic mass is 9.88. The highest BCUT2D eigenvalue weighted by Crippen LogP contribution is 2.38. The van der Waals surface area contributed by atoms with Crippen LogP contribution in [0.1, 0.15) is 62.1 Å². The summed E-state index contributed by atoms with van der Waals surface area (Å²) in [5, 5.41) is 32.3. The van der Waals surface area contributed by atoms with Gasteiger partial charge in [0.2, 0.25) is 0 Å². The van der Waals surface area contributed by atoms with Crippen LogP contribution >= 0.6 is 0 Å². The molecule has 1 saturated carbocycles. The van der Waals surface area contributed by atoms with E-state index in [2.05, 4.69) is 21.6 Å². The lowest BCUT2D eigenvalue weighted by Gasteiger charge is -2.30. The number of aromatic nitrogens is 2. The van der Waals surface area contributed by atoms with Gasteiger partial charge in [0.1, 0.15) is 11.4 Å². The van der Waals surface area contributed by atoms with Crippen LogP contribution in [0, 0.1) is 11.3 Å². The van der Waals surface area contributed by atoms with Crippen molar-refractivity contribution in [2.45, 2.75) is 70.4 Å². The Balaban J connectivity index is 1.70. The molecule has 2 aliphatic carbocycles. The van der Waals surface area contributed by atoms with Gasteiger partial charge in [-0.2, -0.15) is 5.26 Å². The first-order chi connectivity index (χ1) is 15.2. The zero-order valence-electron chi connectivity index (χ0n) is 18.1. The fourth-order valence-corrected chi connectivity index (χ4v) is 4.53. The Labute approximate surface area is 183 Å². The minimum Gasteiger partial charge on any atom is -0.467 e. The molecule has 4 rings (SSSR count). The van der Waals surface area contributed by atoms with Crippen molar-refractivity contribution in [1.29, 1.82) is 5.26 Å². The average Bonchev–Trinajstić information content (AvgIpc) is 2.81. The Morgan fingerprint density at radius 1 is 1.13 bits per heavy atom. The third kappa shape index (κ3) is 4.81. The fourth-order valence-electron chi connectivity index (χ4n) is 4.53. The highest BCUT2D eigenvalue weighted by molar-refractivity contribution is 5.74. The third-order valence-corrected chi connectivity index (χ3v) is 6.21. The highest BCUT2D eigenvalue weighted by atomic mass is 16.7. The predicted octanol–water partition coefficient (Wildman–Crippen LogP) is 3.98. The maximum atomic E-state index is 10.4. The fraction of sp³-hybridized carbons (Fsp3) is 0.542. The molecular formula is C24H30N4O3. The molecule has 0 aliphatic heterocycles. The van der Waals surface area contributed by atoms with Crippen LogP contribution in [0.3, 0.4) is 0 Å². The normalized spacial score (nSPS) is 20.5. The standard InChI is InChI=1S/C24H30N4O3/c1-2-30-15-31-22-13-16(14-25)11-12-19(22)23-17-7-3-4-8-18(17)24(28-27-23)26-20-9-5-6-10-21(20)29/h11-13,20-21,29H,2-10,15H2,1H3,(H,26,28)/t20-,21-/m1/s1. The first kappa shape index (κ1) is 21.5. The van der Waals surface area contributed by atoms with Crippen LogP contribution in [0.15, 0.2) is 18.2 Å². The SMILES string of the molecule is CCOCOc1cc(C#N)ccc1-c1nnc(N[C@@H]2CCCC[C@H]2O)c2c1CCCC2. The quantitative estimate of drug-likeness (QED) is 0.514. The summed E-state index contributed by atoms with van der Waals surface area (Å²) >= 11 is 0. The molecule has 0 radical (unpaired) electrons. The van der Waals surface area contributed by atoms with Crippen LogP contribution in [0.25, 0.3) is 11.3 Å². The summed E-state index contributed by atoms with van der Waals surface area (Å²) < 4.78 is 11.2. The van der Waals surface area contributed by atoms with Crippen molar-refractivity contribution in [3.63, 3.8) is 0 Å².